The van der Waals surface area contributed by atoms with Crippen LogP contribution in [0, 0.1) is 23.0 Å². The number of nitrogens with zero attached hydrogens (tertiary/aromatic N) is 2. The van der Waals surface area contributed by atoms with Gasteiger partial charge in [-0.2, -0.15) is 5.26 Å². The quantitative estimate of drug-likeness (QED) is 0.911. The van der Waals surface area contributed by atoms with Crippen LogP contribution in [0.2, 0.25) is 0 Å². The molecule has 138 valence electrons. The average molecular weight is 361 g/mol. The Hall–Kier alpha value is -2.46. The number of methoxy groups -OCH3 is 1. The Morgan fingerprint density at radius 3 is 2.54 bits per heavy atom. The average Bonchev–Trinajstić information content (AvgIpc) is 2.65. The number of aryl methyl sites for hydroxylation is 1. The molecule has 3 rings (SSSR count). The molecule has 1 aromatic carbocycles. The van der Waals surface area contributed by atoms with E-state index >= 15 is 0 Å². The predicted molar refractivity (Wildman–Crippen MR) is 95.4 cm³/mol. The van der Waals surface area contributed by atoms with Crippen LogP contribution in [0.4, 0.5) is 14.5 Å². The summed E-state index contributed by atoms with van der Waals surface area (Å²) in [6.45, 7) is 4.84. The van der Waals surface area contributed by atoms with Crippen molar-refractivity contribution < 1.29 is 13.5 Å². The highest BCUT2D eigenvalue weighted by molar-refractivity contribution is 5.95. The molecule has 0 saturated carbocycles. The first-order chi connectivity index (χ1) is 12.3. The highest BCUT2D eigenvalue weighted by atomic mass is 19.2. The molecular formula is C19H21F2N3O2. The summed E-state index contributed by atoms with van der Waals surface area (Å²) in [5.74, 6) is -2.04. The summed E-state index contributed by atoms with van der Waals surface area (Å²) in [7, 11) is 1.66. The molecule has 1 fully saturated rings. The Morgan fingerprint density at radius 1 is 1.35 bits per heavy atom. The molecule has 5 nitrogen and oxygen atoms in total. The number of hydrogen-bond acceptors (Lipinski definition) is 4. The number of fused-ring (bicyclic) bond motifs is 1. The van der Waals surface area contributed by atoms with Gasteiger partial charge in [0, 0.05) is 25.6 Å². The first-order valence-electron chi connectivity index (χ1n) is 8.62. The molecule has 0 spiro atoms. The lowest BCUT2D eigenvalue weighted by Gasteiger charge is -2.40. The largest absolute Gasteiger partial charge is 0.378 e. The SMILES string of the molecule is CCc1cc2c(N3CCC(C)(OC)CC3)c(C#N)c(=O)[nH]c2c(F)c1F. The molecule has 1 saturated heterocycles. The Bertz CT molecular complexity index is 954. The zero-order chi connectivity index (χ0) is 19.1. The fourth-order valence-electron chi connectivity index (χ4n) is 3.50. The number of benzene rings is 1. The van der Waals surface area contributed by atoms with Gasteiger partial charge in [0.05, 0.1) is 16.8 Å². The van der Waals surface area contributed by atoms with Crippen molar-refractivity contribution in [3.05, 3.63) is 39.2 Å². The molecule has 0 atom stereocenters. The molecule has 0 unspecified atom stereocenters. The number of piperidine rings is 1. The summed E-state index contributed by atoms with van der Waals surface area (Å²) in [4.78, 5) is 16.5. The topological polar surface area (TPSA) is 69.1 Å². The minimum absolute atomic E-state index is 0.0772. The third kappa shape index (κ3) is 2.84. The number of H-pyrrole nitrogens is 1. The van der Waals surface area contributed by atoms with E-state index in [1.54, 1.807) is 14.0 Å². The number of halogens is 2. The lowest BCUT2D eigenvalue weighted by Crippen LogP contribution is -2.44. The van der Waals surface area contributed by atoms with Crippen LogP contribution < -0.4 is 10.5 Å². The molecule has 1 aliphatic heterocycles. The van der Waals surface area contributed by atoms with Crippen molar-refractivity contribution in [2.45, 2.75) is 38.7 Å². The lowest BCUT2D eigenvalue weighted by molar-refractivity contribution is -0.0132. The van der Waals surface area contributed by atoms with Crippen LogP contribution in [0.25, 0.3) is 10.9 Å². The van der Waals surface area contributed by atoms with Crippen molar-refractivity contribution in [2.24, 2.45) is 0 Å². The van der Waals surface area contributed by atoms with Gasteiger partial charge in [-0.25, -0.2) is 8.78 Å². The van der Waals surface area contributed by atoms with Crippen molar-refractivity contribution in [1.82, 2.24) is 4.98 Å². The summed E-state index contributed by atoms with van der Waals surface area (Å²) in [6, 6.07) is 3.46. The van der Waals surface area contributed by atoms with E-state index in [2.05, 4.69) is 4.98 Å². The van der Waals surface area contributed by atoms with Crippen molar-refractivity contribution in [3.63, 3.8) is 0 Å². The van der Waals surface area contributed by atoms with Crippen molar-refractivity contribution >= 4 is 16.6 Å². The summed E-state index contributed by atoms with van der Waals surface area (Å²) in [6.07, 6.45) is 1.71. The van der Waals surface area contributed by atoms with Crippen LogP contribution in [0.5, 0.6) is 0 Å². The Morgan fingerprint density at radius 2 is 2.00 bits per heavy atom. The van der Waals surface area contributed by atoms with E-state index < -0.39 is 17.2 Å². The molecule has 0 aliphatic carbocycles. The lowest BCUT2D eigenvalue weighted by atomic mass is 9.92. The number of hydrogen-bond donors (Lipinski definition) is 1. The van der Waals surface area contributed by atoms with E-state index in [0.29, 0.717) is 43.4 Å². The summed E-state index contributed by atoms with van der Waals surface area (Å²) >= 11 is 0. The first-order valence-corrected chi connectivity index (χ1v) is 8.62. The maximum absolute atomic E-state index is 14.5. The van der Waals surface area contributed by atoms with Gasteiger partial charge in [-0.3, -0.25) is 4.79 Å². The van der Waals surface area contributed by atoms with Gasteiger partial charge in [-0.15, -0.1) is 0 Å². The molecule has 2 aromatic rings. The summed E-state index contributed by atoms with van der Waals surface area (Å²) < 4.78 is 34.2. The number of rotatable bonds is 3. The van der Waals surface area contributed by atoms with E-state index in [-0.39, 0.29) is 22.2 Å². The van der Waals surface area contributed by atoms with Crippen molar-refractivity contribution in [3.8, 4) is 6.07 Å². The van der Waals surface area contributed by atoms with E-state index in [9.17, 15) is 18.8 Å². The van der Waals surface area contributed by atoms with Crippen LogP contribution in [0.3, 0.4) is 0 Å². The molecule has 26 heavy (non-hydrogen) atoms. The van der Waals surface area contributed by atoms with Crippen molar-refractivity contribution in [1.29, 1.82) is 5.26 Å². The van der Waals surface area contributed by atoms with Gasteiger partial charge in [-0.05, 0) is 37.8 Å². The number of aromatic nitrogens is 1. The minimum Gasteiger partial charge on any atom is -0.378 e. The van der Waals surface area contributed by atoms with E-state index in [4.69, 9.17) is 4.74 Å². The monoisotopic (exact) mass is 361 g/mol. The van der Waals surface area contributed by atoms with Crippen LogP contribution in [0.15, 0.2) is 10.9 Å². The fraction of sp³-hybridized carbons (Fsp3) is 0.474. The molecule has 0 bridgehead atoms. The molecule has 0 amide bonds. The zero-order valence-corrected chi connectivity index (χ0v) is 15.1. The number of nitriles is 1. The molecule has 2 heterocycles. The fourth-order valence-corrected chi connectivity index (χ4v) is 3.50. The second-order valence-corrected chi connectivity index (χ2v) is 6.87. The summed E-state index contributed by atoms with van der Waals surface area (Å²) in [5, 5.41) is 9.86. The third-order valence-electron chi connectivity index (χ3n) is 5.36. The van der Waals surface area contributed by atoms with Crippen LogP contribution in [-0.2, 0) is 11.2 Å². The Kier molecular flexibility index (Phi) is 4.72. The van der Waals surface area contributed by atoms with Gasteiger partial charge < -0.3 is 14.6 Å². The number of nitrogens with one attached hydrogen (secondary N) is 1. The molecular weight excluding hydrogens is 340 g/mol. The highest BCUT2D eigenvalue weighted by Crippen LogP contribution is 2.35. The maximum Gasteiger partial charge on any atom is 0.268 e. The number of pyridine rings is 1. The maximum atomic E-state index is 14.5. The molecule has 0 radical (unpaired) electrons. The Labute approximate surface area is 150 Å². The van der Waals surface area contributed by atoms with Crippen molar-refractivity contribution in [2.75, 3.05) is 25.1 Å². The predicted octanol–water partition coefficient (Wildman–Crippen LogP) is 3.25. The molecule has 1 N–H and O–H groups in total. The zero-order valence-electron chi connectivity index (χ0n) is 15.1. The van der Waals surface area contributed by atoms with Gasteiger partial charge in [0.25, 0.3) is 5.56 Å². The first kappa shape index (κ1) is 18.3. The normalized spacial score (nSPS) is 16.7. The number of anilines is 1. The number of ether oxygens (including phenoxy) is 1. The second kappa shape index (κ2) is 6.69. The van der Waals surface area contributed by atoms with Crippen LogP contribution in [0.1, 0.15) is 37.8 Å². The van der Waals surface area contributed by atoms with Gasteiger partial charge in [-0.1, -0.05) is 6.92 Å². The molecule has 1 aromatic heterocycles. The van der Waals surface area contributed by atoms with Crippen LogP contribution >= 0.6 is 0 Å². The smallest absolute Gasteiger partial charge is 0.268 e. The number of aromatic amines is 1. The van der Waals surface area contributed by atoms with Gasteiger partial charge in [0.2, 0.25) is 0 Å². The molecule has 7 heteroatoms. The highest BCUT2D eigenvalue weighted by Gasteiger charge is 2.32. The Balaban J connectivity index is 2.25. The van der Waals surface area contributed by atoms with Gasteiger partial charge >= 0.3 is 0 Å². The minimum atomic E-state index is -1.08. The standard InChI is InChI=1S/C19H21F2N3O2/c1-4-11-9-12-16(15(21)14(11)20)23-18(25)13(10-22)17(12)24-7-5-19(2,26-3)6-8-24/h9H,4-8H2,1-3H3,(H,23,25). The van der Waals surface area contributed by atoms with E-state index in [1.807, 2.05) is 17.9 Å². The molecule has 1 aliphatic rings. The van der Waals surface area contributed by atoms with Crippen LogP contribution in [-0.4, -0.2) is 30.8 Å². The summed E-state index contributed by atoms with van der Waals surface area (Å²) in [5.41, 5.74) is -0.668. The van der Waals surface area contributed by atoms with Gasteiger partial charge in [0.1, 0.15) is 11.6 Å². The van der Waals surface area contributed by atoms with E-state index in [0.717, 1.165) is 0 Å². The second-order valence-electron chi connectivity index (χ2n) is 6.87. The van der Waals surface area contributed by atoms with Gasteiger partial charge in [0.15, 0.2) is 11.6 Å². The van der Waals surface area contributed by atoms with E-state index in [1.165, 1.54) is 6.07 Å². The third-order valence-corrected chi connectivity index (χ3v) is 5.36.